The maximum Gasteiger partial charge on any atom is 0.244 e. The van der Waals surface area contributed by atoms with Crippen molar-refractivity contribution in [1.29, 1.82) is 0 Å². The van der Waals surface area contributed by atoms with Crippen molar-refractivity contribution in [2.45, 2.75) is 25.4 Å². The molecular formula is C22H23N3O2. The Hall–Kier alpha value is -2.92. The second-order valence-electron chi connectivity index (χ2n) is 6.94. The summed E-state index contributed by atoms with van der Waals surface area (Å²) in [4.78, 5) is 17.0. The van der Waals surface area contributed by atoms with Crippen molar-refractivity contribution in [3.63, 3.8) is 0 Å². The molecule has 0 radical (unpaired) electrons. The van der Waals surface area contributed by atoms with Crippen LogP contribution in [-0.2, 0) is 11.3 Å². The van der Waals surface area contributed by atoms with Gasteiger partial charge in [0.25, 0.3) is 0 Å². The third-order valence-corrected chi connectivity index (χ3v) is 5.04. The van der Waals surface area contributed by atoms with Gasteiger partial charge in [0, 0.05) is 23.9 Å². The molecule has 5 nitrogen and oxygen atoms in total. The highest BCUT2D eigenvalue weighted by molar-refractivity contribution is 5.97. The molecule has 2 aromatic carbocycles. The lowest BCUT2D eigenvalue weighted by Gasteiger charge is -2.36. The molecule has 138 valence electrons. The lowest BCUT2D eigenvalue weighted by molar-refractivity contribution is -0.125. The molecule has 1 saturated heterocycles. The smallest absolute Gasteiger partial charge is 0.244 e. The molecule has 1 aliphatic heterocycles. The Labute approximate surface area is 159 Å². The van der Waals surface area contributed by atoms with Crippen LogP contribution < -0.4 is 4.90 Å². The highest BCUT2D eigenvalue weighted by Crippen LogP contribution is 2.25. The van der Waals surface area contributed by atoms with E-state index in [-0.39, 0.29) is 11.9 Å². The summed E-state index contributed by atoms with van der Waals surface area (Å²) < 4.78 is 5.51. The van der Waals surface area contributed by atoms with Crippen LogP contribution in [0.4, 0.5) is 5.69 Å². The van der Waals surface area contributed by atoms with Crippen LogP contribution in [-0.4, -0.2) is 35.6 Å². The van der Waals surface area contributed by atoms with Gasteiger partial charge < -0.3 is 9.42 Å². The second kappa shape index (κ2) is 7.76. The van der Waals surface area contributed by atoms with Gasteiger partial charge in [-0.2, -0.15) is 0 Å². The number of likely N-dealkylation sites (N-methyl/N-ethyl adjacent to an activating group) is 1. The van der Waals surface area contributed by atoms with Gasteiger partial charge in [0.2, 0.25) is 5.91 Å². The first kappa shape index (κ1) is 17.5. The number of piperidine rings is 1. The van der Waals surface area contributed by atoms with Gasteiger partial charge >= 0.3 is 0 Å². The molecule has 3 aromatic rings. The van der Waals surface area contributed by atoms with Crippen molar-refractivity contribution in [1.82, 2.24) is 10.1 Å². The number of amides is 1. The summed E-state index contributed by atoms with van der Waals surface area (Å²) >= 11 is 0. The van der Waals surface area contributed by atoms with Gasteiger partial charge in [-0.25, -0.2) is 0 Å². The van der Waals surface area contributed by atoms with Crippen LogP contribution in [0.1, 0.15) is 18.6 Å². The SMILES string of the molecule is CN(Cc1cc(-c2ccccc2)no1)C1CCCN(c2ccccc2)C1=O. The van der Waals surface area contributed by atoms with E-state index in [4.69, 9.17) is 4.52 Å². The number of nitrogens with zero attached hydrogens (tertiary/aromatic N) is 3. The summed E-state index contributed by atoms with van der Waals surface area (Å²) in [5.41, 5.74) is 2.81. The Kier molecular flexibility index (Phi) is 5.03. The zero-order valence-corrected chi connectivity index (χ0v) is 15.4. The van der Waals surface area contributed by atoms with E-state index in [0.29, 0.717) is 6.54 Å². The summed E-state index contributed by atoms with van der Waals surface area (Å²) in [7, 11) is 1.97. The summed E-state index contributed by atoms with van der Waals surface area (Å²) in [5, 5.41) is 4.17. The maximum atomic E-state index is 13.0. The van der Waals surface area contributed by atoms with Crippen LogP contribution in [0, 0.1) is 0 Å². The highest BCUT2D eigenvalue weighted by atomic mass is 16.5. The van der Waals surface area contributed by atoms with Crippen molar-refractivity contribution in [3.8, 4) is 11.3 Å². The quantitative estimate of drug-likeness (QED) is 0.690. The predicted molar refractivity (Wildman–Crippen MR) is 105 cm³/mol. The van der Waals surface area contributed by atoms with Crippen LogP contribution in [0.25, 0.3) is 11.3 Å². The molecule has 0 N–H and O–H groups in total. The number of aromatic nitrogens is 1. The molecule has 27 heavy (non-hydrogen) atoms. The van der Waals surface area contributed by atoms with Crippen LogP contribution in [0.3, 0.4) is 0 Å². The topological polar surface area (TPSA) is 49.6 Å². The fourth-order valence-corrected chi connectivity index (χ4v) is 3.62. The fraction of sp³-hybridized carbons (Fsp3) is 0.273. The molecule has 0 spiro atoms. The molecule has 0 bridgehead atoms. The molecule has 1 aliphatic rings. The Balaban J connectivity index is 1.46. The van der Waals surface area contributed by atoms with Gasteiger partial charge in [0.15, 0.2) is 5.76 Å². The van der Waals surface area contributed by atoms with E-state index in [1.54, 1.807) is 0 Å². The van der Waals surface area contributed by atoms with Gasteiger partial charge in [-0.3, -0.25) is 9.69 Å². The zero-order valence-electron chi connectivity index (χ0n) is 15.4. The van der Waals surface area contributed by atoms with Gasteiger partial charge in [-0.15, -0.1) is 0 Å². The molecule has 5 heteroatoms. The van der Waals surface area contributed by atoms with Crippen LogP contribution >= 0.6 is 0 Å². The van der Waals surface area contributed by atoms with E-state index >= 15 is 0 Å². The number of anilines is 1. The number of hydrogen-bond acceptors (Lipinski definition) is 4. The number of para-hydroxylation sites is 1. The molecule has 1 atom stereocenters. The summed E-state index contributed by atoms with van der Waals surface area (Å²) in [6.45, 7) is 1.33. The number of carbonyl (C=O) groups is 1. The van der Waals surface area contributed by atoms with Gasteiger partial charge in [-0.05, 0) is 32.0 Å². The lowest BCUT2D eigenvalue weighted by Crippen LogP contribution is -2.51. The Morgan fingerprint density at radius 1 is 1.11 bits per heavy atom. The fourth-order valence-electron chi connectivity index (χ4n) is 3.62. The summed E-state index contributed by atoms with van der Waals surface area (Å²) in [5.74, 6) is 0.915. The van der Waals surface area contributed by atoms with Crippen molar-refractivity contribution in [3.05, 3.63) is 72.5 Å². The molecule has 0 saturated carbocycles. The molecule has 2 heterocycles. The Morgan fingerprint density at radius 3 is 2.56 bits per heavy atom. The van der Waals surface area contributed by atoms with Gasteiger partial charge in [0.05, 0.1) is 12.6 Å². The van der Waals surface area contributed by atoms with Crippen molar-refractivity contribution in [2.75, 3.05) is 18.5 Å². The third kappa shape index (κ3) is 3.78. The highest BCUT2D eigenvalue weighted by Gasteiger charge is 2.32. The summed E-state index contributed by atoms with van der Waals surface area (Å²) in [6.07, 6.45) is 1.85. The van der Waals surface area contributed by atoms with E-state index in [0.717, 1.165) is 42.1 Å². The van der Waals surface area contributed by atoms with E-state index < -0.39 is 0 Å². The zero-order chi connectivity index (χ0) is 18.6. The lowest BCUT2D eigenvalue weighted by atomic mass is 10.0. The molecule has 4 rings (SSSR count). The largest absolute Gasteiger partial charge is 0.359 e. The molecule has 1 unspecified atom stereocenters. The first-order valence-corrected chi connectivity index (χ1v) is 9.30. The van der Waals surface area contributed by atoms with Crippen LogP contribution in [0.15, 0.2) is 71.3 Å². The second-order valence-corrected chi connectivity index (χ2v) is 6.94. The normalized spacial score (nSPS) is 17.5. The van der Waals surface area contributed by atoms with Crippen molar-refractivity contribution < 1.29 is 9.32 Å². The monoisotopic (exact) mass is 361 g/mol. The van der Waals surface area contributed by atoms with Gasteiger partial charge in [-0.1, -0.05) is 53.7 Å². The van der Waals surface area contributed by atoms with E-state index in [9.17, 15) is 4.79 Å². The average Bonchev–Trinajstić information content (AvgIpc) is 3.18. The van der Waals surface area contributed by atoms with Gasteiger partial charge in [0.1, 0.15) is 5.69 Å². The van der Waals surface area contributed by atoms with Crippen LogP contribution in [0.2, 0.25) is 0 Å². The Morgan fingerprint density at radius 2 is 1.81 bits per heavy atom. The minimum atomic E-state index is -0.149. The number of hydrogen-bond donors (Lipinski definition) is 0. The molecule has 1 aromatic heterocycles. The Bertz CT molecular complexity index is 892. The van der Waals surface area contributed by atoms with E-state index in [2.05, 4.69) is 10.1 Å². The minimum Gasteiger partial charge on any atom is -0.359 e. The maximum absolute atomic E-state index is 13.0. The molecule has 0 aliphatic carbocycles. The number of benzene rings is 2. The summed E-state index contributed by atoms with van der Waals surface area (Å²) in [6, 6.07) is 21.6. The number of rotatable bonds is 5. The third-order valence-electron chi connectivity index (χ3n) is 5.04. The average molecular weight is 361 g/mol. The molecule has 1 fully saturated rings. The number of carbonyl (C=O) groups excluding carboxylic acids is 1. The first-order chi connectivity index (χ1) is 13.2. The predicted octanol–water partition coefficient (Wildman–Crippen LogP) is 3.97. The van der Waals surface area contributed by atoms with Crippen molar-refractivity contribution >= 4 is 11.6 Å². The first-order valence-electron chi connectivity index (χ1n) is 9.30. The standard InChI is InChI=1S/C22H23N3O2/c1-24(16-19-15-20(23-27-19)17-9-4-2-5-10-17)21-13-8-14-25(22(21)26)18-11-6-3-7-12-18/h2-7,9-12,15,21H,8,13-14,16H2,1H3. The van der Waals surface area contributed by atoms with E-state index in [1.165, 1.54) is 0 Å². The van der Waals surface area contributed by atoms with Crippen LogP contribution in [0.5, 0.6) is 0 Å². The molecule has 1 amide bonds. The minimum absolute atomic E-state index is 0.149. The van der Waals surface area contributed by atoms with E-state index in [1.807, 2.05) is 78.7 Å². The molecular weight excluding hydrogens is 338 g/mol. The van der Waals surface area contributed by atoms with Crippen molar-refractivity contribution in [2.24, 2.45) is 0 Å².